The van der Waals surface area contributed by atoms with Gasteiger partial charge in [0.1, 0.15) is 18.6 Å². The highest BCUT2D eigenvalue weighted by molar-refractivity contribution is 9.10. The second kappa shape index (κ2) is 6.55. The zero-order valence-electron chi connectivity index (χ0n) is 11.8. The van der Waals surface area contributed by atoms with Crippen molar-refractivity contribution in [3.63, 3.8) is 0 Å². The van der Waals surface area contributed by atoms with Gasteiger partial charge in [-0.05, 0) is 38.1 Å². The van der Waals surface area contributed by atoms with Crippen LogP contribution in [0.3, 0.4) is 0 Å². The van der Waals surface area contributed by atoms with Crippen LogP contribution in [0.2, 0.25) is 0 Å². The van der Waals surface area contributed by atoms with Crippen LogP contribution in [-0.2, 0) is 0 Å². The van der Waals surface area contributed by atoms with Crippen LogP contribution in [0, 0.1) is 11.3 Å². The monoisotopic (exact) mass is 346 g/mol. The Bertz CT molecular complexity index is 670. The van der Waals surface area contributed by atoms with E-state index in [9.17, 15) is 4.79 Å². The molecule has 0 aliphatic heterocycles. The fourth-order valence-electron chi connectivity index (χ4n) is 1.90. The Hall–Kier alpha value is -2.13. The number of nitriles is 1. The number of hydrogen-bond donors (Lipinski definition) is 0. The molecule has 0 aliphatic rings. The molecular weight excluding hydrogens is 332 g/mol. The first-order valence-electron chi connectivity index (χ1n) is 6.50. The lowest BCUT2D eigenvalue weighted by Crippen LogP contribution is -2.37. The van der Waals surface area contributed by atoms with Crippen molar-refractivity contribution in [1.82, 2.24) is 14.5 Å². The number of amides is 1. The molecule has 0 aliphatic carbocycles. The minimum Gasteiger partial charge on any atom is -0.322 e. The summed E-state index contributed by atoms with van der Waals surface area (Å²) in [5.74, 6) is -0.234. The van der Waals surface area contributed by atoms with Crippen molar-refractivity contribution >= 4 is 21.8 Å². The van der Waals surface area contributed by atoms with E-state index >= 15 is 0 Å². The summed E-state index contributed by atoms with van der Waals surface area (Å²) in [7, 11) is 0. The number of rotatable bonds is 4. The molecule has 0 unspecified atom stereocenters. The molecule has 0 N–H and O–H groups in total. The Morgan fingerprint density at radius 2 is 2.10 bits per heavy atom. The lowest BCUT2D eigenvalue weighted by molar-refractivity contribution is 0.0726. The number of benzene rings is 1. The van der Waals surface area contributed by atoms with Gasteiger partial charge in [0.15, 0.2) is 0 Å². The average Bonchev–Trinajstić information content (AvgIpc) is 2.94. The molecule has 1 amide bonds. The first-order chi connectivity index (χ1) is 10.0. The summed E-state index contributed by atoms with van der Waals surface area (Å²) in [6.07, 6.45) is 3.28. The Morgan fingerprint density at radius 1 is 1.43 bits per heavy atom. The van der Waals surface area contributed by atoms with E-state index in [1.165, 1.54) is 4.90 Å². The van der Waals surface area contributed by atoms with Crippen molar-refractivity contribution in [2.75, 3.05) is 6.54 Å². The maximum atomic E-state index is 12.4. The third-order valence-electron chi connectivity index (χ3n) is 3.05. The van der Waals surface area contributed by atoms with Gasteiger partial charge in [-0.25, -0.2) is 4.98 Å². The van der Waals surface area contributed by atoms with Crippen LogP contribution < -0.4 is 0 Å². The van der Waals surface area contributed by atoms with Crippen LogP contribution in [0.4, 0.5) is 0 Å². The van der Waals surface area contributed by atoms with Crippen molar-refractivity contribution in [1.29, 1.82) is 5.26 Å². The van der Waals surface area contributed by atoms with Gasteiger partial charge in [0, 0.05) is 22.4 Å². The van der Waals surface area contributed by atoms with Crippen LogP contribution in [0.5, 0.6) is 0 Å². The number of hydrogen-bond acceptors (Lipinski definition) is 3. The van der Waals surface area contributed by atoms with Gasteiger partial charge >= 0.3 is 0 Å². The highest BCUT2D eigenvalue weighted by Crippen LogP contribution is 2.15. The lowest BCUT2D eigenvalue weighted by Gasteiger charge is -2.22. The molecule has 0 fully saturated rings. The molecule has 5 nitrogen and oxygen atoms in total. The van der Waals surface area contributed by atoms with Crippen molar-refractivity contribution in [3.8, 4) is 11.8 Å². The van der Waals surface area contributed by atoms with Crippen molar-refractivity contribution < 1.29 is 4.79 Å². The number of aromatic nitrogens is 2. The van der Waals surface area contributed by atoms with Gasteiger partial charge in [-0.3, -0.25) is 4.79 Å². The molecule has 1 heterocycles. The molecule has 0 saturated carbocycles. The smallest absolute Gasteiger partial charge is 0.275 e. The average molecular weight is 347 g/mol. The minimum absolute atomic E-state index is 0.0463. The molecule has 1 aromatic carbocycles. The van der Waals surface area contributed by atoms with Crippen LogP contribution in [-0.4, -0.2) is 32.9 Å². The van der Waals surface area contributed by atoms with E-state index in [-0.39, 0.29) is 18.5 Å². The highest BCUT2D eigenvalue weighted by Gasteiger charge is 2.20. The highest BCUT2D eigenvalue weighted by atomic mass is 79.9. The Morgan fingerprint density at radius 3 is 2.67 bits per heavy atom. The van der Waals surface area contributed by atoms with Crippen molar-refractivity contribution in [2.24, 2.45) is 0 Å². The van der Waals surface area contributed by atoms with Crippen LogP contribution >= 0.6 is 15.9 Å². The van der Waals surface area contributed by atoms with Gasteiger partial charge in [-0.15, -0.1) is 0 Å². The van der Waals surface area contributed by atoms with Gasteiger partial charge in [0.05, 0.1) is 6.07 Å². The second-order valence-corrected chi connectivity index (χ2v) is 5.74. The van der Waals surface area contributed by atoms with E-state index in [1.807, 2.05) is 44.2 Å². The van der Waals surface area contributed by atoms with Gasteiger partial charge in [0.25, 0.3) is 5.91 Å². The van der Waals surface area contributed by atoms with E-state index in [1.54, 1.807) is 17.1 Å². The summed E-state index contributed by atoms with van der Waals surface area (Å²) >= 11 is 3.38. The van der Waals surface area contributed by atoms with Crippen molar-refractivity contribution in [3.05, 3.63) is 47.0 Å². The number of carbonyl (C=O) groups is 1. The summed E-state index contributed by atoms with van der Waals surface area (Å²) < 4.78 is 2.77. The predicted molar refractivity (Wildman–Crippen MR) is 83.0 cm³/mol. The largest absolute Gasteiger partial charge is 0.322 e. The molecule has 108 valence electrons. The van der Waals surface area contributed by atoms with E-state index in [2.05, 4.69) is 20.9 Å². The molecule has 6 heteroatoms. The van der Waals surface area contributed by atoms with Crippen molar-refractivity contribution in [2.45, 2.75) is 19.9 Å². The van der Waals surface area contributed by atoms with E-state index in [4.69, 9.17) is 5.26 Å². The summed E-state index contributed by atoms with van der Waals surface area (Å²) in [4.78, 5) is 18.0. The summed E-state index contributed by atoms with van der Waals surface area (Å²) in [5, 5.41) is 8.82. The standard InChI is InChI=1S/C15H15BrN4O/c1-11(2)20(8-7-17)15(21)14-9-19(10-18-14)13-5-3-12(16)4-6-13/h3-6,9-11H,8H2,1-2H3. The molecule has 0 spiro atoms. The third kappa shape index (κ3) is 3.50. The van der Waals surface area contributed by atoms with E-state index < -0.39 is 0 Å². The first-order valence-corrected chi connectivity index (χ1v) is 7.30. The number of imidazole rings is 1. The summed E-state index contributed by atoms with van der Waals surface area (Å²) in [6.45, 7) is 3.81. The maximum Gasteiger partial charge on any atom is 0.275 e. The molecular formula is C15H15BrN4O. The zero-order valence-corrected chi connectivity index (χ0v) is 13.4. The molecule has 1 aromatic heterocycles. The summed E-state index contributed by atoms with van der Waals surface area (Å²) in [6, 6.07) is 9.66. The fourth-order valence-corrected chi connectivity index (χ4v) is 2.16. The quantitative estimate of drug-likeness (QED) is 0.799. The number of halogens is 1. The molecule has 21 heavy (non-hydrogen) atoms. The Balaban J connectivity index is 2.25. The number of carbonyl (C=O) groups excluding carboxylic acids is 1. The van der Waals surface area contributed by atoms with E-state index in [0.29, 0.717) is 5.69 Å². The fraction of sp³-hybridized carbons (Fsp3) is 0.267. The second-order valence-electron chi connectivity index (χ2n) is 4.83. The topological polar surface area (TPSA) is 61.9 Å². The van der Waals surface area contributed by atoms with Gasteiger partial charge in [-0.1, -0.05) is 15.9 Å². The first kappa shape index (κ1) is 15.3. The van der Waals surface area contributed by atoms with Crippen LogP contribution in [0.15, 0.2) is 41.3 Å². The van der Waals surface area contributed by atoms with Crippen LogP contribution in [0.25, 0.3) is 5.69 Å². The van der Waals surface area contributed by atoms with Crippen LogP contribution in [0.1, 0.15) is 24.3 Å². The molecule has 0 radical (unpaired) electrons. The molecule has 0 bridgehead atoms. The normalized spacial score (nSPS) is 10.4. The molecule has 0 atom stereocenters. The summed E-state index contributed by atoms with van der Waals surface area (Å²) in [5.41, 5.74) is 1.25. The SMILES string of the molecule is CC(C)N(CC#N)C(=O)c1cn(-c2ccc(Br)cc2)cn1. The van der Waals surface area contributed by atoms with Gasteiger partial charge < -0.3 is 9.47 Å². The van der Waals surface area contributed by atoms with Gasteiger partial charge in [0.2, 0.25) is 0 Å². The Kier molecular flexibility index (Phi) is 4.76. The zero-order chi connectivity index (χ0) is 15.4. The number of nitrogens with zero attached hydrogens (tertiary/aromatic N) is 4. The van der Waals surface area contributed by atoms with E-state index in [0.717, 1.165) is 10.2 Å². The predicted octanol–water partition coefficient (Wildman–Crippen LogP) is 3.01. The third-order valence-corrected chi connectivity index (χ3v) is 3.58. The molecule has 0 saturated heterocycles. The Labute approximate surface area is 131 Å². The molecule has 2 aromatic rings. The van der Waals surface area contributed by atoms with Gasteiger partial charge in [-0.2, -0.15) is 5.26 Å². The minimum atomic E-state index is -0.234. The lowest BCUT2D eigenvalue weighted by atomic mass is 10.3. The maximum absolute atomic E-state index is 12.4. The molecule has 2 rings (SSSR count).